The molecular formula is C12H16N2O3S. The van der Waals surface area contributed by atoms with Crippen LogP contribution in [-0.4, -0.2) is 45.6 Å². The van der Waals surface area contributed by atoms with Gasteiger partial charge in [-0.05, 0) is 18.1 Å². The predicted octanol–water partition coefficient (Wildman–Crippen LogP) is 0.626. The quantitative estimate of drug-likeness (QED) is 0.790. The fourth-order valence-corrected chi connectivity index (χ4v) is 4.10. The van der Waals surface area contributed by atoms with Crippen molar-refractivity contribution < 1.29 is 13.2 Å². The summed E-state index contributed by atoms with van der Waals surface area (Å²) in [6, 6.07) is 7.69. The van der Waals surface area contributed by atoms with E-state index >= 15 is 0 Å². The summed E-state index contributed by atoms with van der Waals surface area (Å²) in [5.41, 5.74) is 1.93. The van der Waals surface area contributed by atoms with Crippen molar-refractivity contribution in [2.24, 2.45) is 0 Å². The summed E-state index contributed by atoms with van der Waals surface area (Å²) < 4.78 is 33.3. The summed E-state index contributed by atoms with van der Waals surface area (Å²) >= 11 is 0. The Balaban J connectivity index is 1.91. The van der Waals surface area contributed by atoms with Crippen molar-refractivity contribution in [1.29, 1.82) is 0 Å². The zero-order valence-corrected chi connectivity index (χ0v) is 10.9. The minimum absolute atomic E-state index is 0.445. The normalized spacial score (nSPS) is 21.0. The maximum Gasteiger partial charge on any atom is 0.304 e. The second kappa shape index (κ2) is 4.53. The van der Waals surface area contributed by atoms with Crippen LogP contribution in [0.25, 0.3) is 0 Å². The van der Waals surface area contributed by atoms with Gasteiger partial charge in [-0.3, -0.25) is 4.31 Å². The zero-order valence-electron chi connectivity index (χ0n) is 10.1. The third-order valence-electron chi connectivity index (χ3n) is 3.42. The summed E-state index contributed by atoms with van der Waals surface area (Å²) in [5.74, 6) is 0. The highest BCUT2D eigenvalue weighted by atomic mass is 32.2. The monoisotopic (exact) mass is 268 g/mol. The maximum atomic E-state index is 12.5. The van der Waals surface area contributed by atoms with Crippen LogP contribution in [0.2, 0.25) is 0 Å². The largest absolute Gasteiger partial charge is 0.379 e. The molecule has 2 aliphatic heterocycles. The number of morpholine rings is 1. The molecule has 1 fully saturated rings. The van der Waals surface area contributed by atoms with E-state index in [1.54, 1.807) is 0 Å². The van der Waals surface area contributed by atoms with Gasteiger partial charge >= 0.3 is 10.2 Å². The first kappa shape index (κ1) is 12.0. The van der Waals surface area contributed by atoms with E-state index in [0.717, 1.165) is 17.7 Å². The van der Waals surface area contributed by atoms with Gasteiger partial charge in [0, 0.05) is 19.6 Å². The lowest BCUT2D eigenvalue weighted by Gasteiger charge is -2.31. The first-order valence-electron chi connectivity index (χ1n) is 6.13. The average Bonchev–Trinajstić information content (AvgIpc) is 2.84. The van der Waals surface area contributed by atoms with E-state index in [1.165, 1.54) is 8.61 Å². The van der Waals surface area contributed by atoms with E-state index in [1.807, 2.05) is 24.3 Å². The number of benzene rings is 1. The molecule has 1 aromatic rings. The Bertz CT molecular complexity index is 538. The number of anilines is 1. The second-order valence-electron chi connectivity index (χ2n) is 4.47. The SMILES string of the molecule is O=S(=O)(N1CCOCC1)N1CCc2ccccc21. The topological polar surface area (TPSA) is 49.9 Å². The van der Waals surface area contributed by atoms with Crippen LogP contribution in [0.15, 0.2) is 24.3 Å². The van der Waals surface area contributed by atoms with Gasteiger partial charge in [0.1, 0.15) is 0 Å². The summed E-state index contributed by atoms with van der Waals surface area (Å²) in [6.45, 7) is 2.39. The van der Waals surface area contributed by atoms with E-state index in [9.17, 15) is 8.42 Å². The third-order valence-corrected chi connectivity index (χ3v) is 5.37. The van der Waals surface area contributed by atoms with Crippen molar-refractivity contribution >= 4 is 15.9 Å². The second-order valence-corrected chi connectivity index (χ2v) is 6.32. The van der Waals surface area contributed by atoms with Gasteiger partial charge in [-0.25, -0.2) is 0 Å². The summed E-state index contributed by atoms with van der Waals surface area (Å²) in [5, 5.41) is 0. The predicted molar refractivity (Wildman–Crippen MR) is 68.8 cm³/mol. The van der Waals surface area contributed by atoms with E-state index in [4.69, 9.17) is 4.74 Å². The molecule has 0 bridgehead atoms. The molecule has 2 heterocycles. The van der Waals surface area contributed by atoms with E-state index in [-0.39, 0.29) is 0 Å². The molecule has 0 unspecified atom stereocenters. The van der Waals surface area contributed by atoms with Gasteiger partial charge in [-0.2, -0.15) is 12.7 Å². The van der Waals surface area contributed by atoms with Crippen molar-refractivity contribution in [3.05, 3.63) is 29.8 Å². The fraction of sp³-hybridized carbons (Fsp3) is 0.500. The Morgan fingerprint density at radius 1 is 1.06 bits per heavy atom. The summed E-state index contributed by atoms with van der Waals surface area (Å²) in [7, 11) is -3.39. The highest BCUT2D eigenvalue weighted by Crippen LogP contribution is 2.31. The molecule has 0 spiro atoms. The molecule has 18 heavy (non-hydrogen) atoms. The molecule has 1 aromatic carbocycles. The van der Waals surface area contributed by atoms with Crippen LogP contribution in [0, 0.1) is 0 Å². The number of fused-ring (bicyclic) bond motifs is 1. The zero-order chi connectivity index (χ0) is 12.6. The van der Waals surface area contributed by atoms with Gasteiger partial charge in [0.25, 0.3) is 0 Å². The number of nitrogens with zero attached hydrogens (tertiary/aromatic N) is 2. The number of hydrogen-bond donors (Lipinski definition) is 0. The van der Waals surface area contributed by atoms with Crippen LogP contribution in [0.1, 0.15) is 5.56 Å². The molecule has 1 saturated heterocycles. The highest BCUT2D eigenvalue weighted by Gasteiger charge is 2.34. The molecule has 0 amide bonds. The third kappa shape index (κ3) is 1.90. The molecule has 2 aliphatic rings. The minimum Gasteiger partial charge on any atom is -0.379 e. The van der Waals surface area contributed by atoms with Crippen LogP contribution in [0.3, 0.4) is 0 Å². The molecule has 0 radical (unpaired) electrons. The van der Waals surface area contributed by atoms with Crippen molar-refractivity contribution in [2.45, 2.75) is 6.42 Å². The molecule has 0 aromatic heterocycles. The Hall–Kier alpha value is -1.11. The fourth-order valence-electron chi connectivity index (χ4n) is 2.46. The van der Waals surface area contributed by atoms with Gasteiger partial charge in [-0.15, -0.1) is 0 Å². The lowest BCUT2D eigenvalue weighted by Crippen LogP contribution is -2.48. The average molecular weight is 268 g/mol. The Morgan fingerprint density at radius 3 is 2.56 bits per heavy atom. The van der Waals surface area contributed by atoms with Gasteiger partial charge in [0.2, 0.25) is 0 Å². The standard InChI is InChI=1S/C12H16N2O3S/c15-18(16,13-7-9-17-10-8-13)14-6-5-11-3-1-2-4-12(11)14/h1-4H,5-10H2. The molecule has 6 heteroatoms. The van der Waals surface area contributed by atoms with Gasteiger partial charge in [0.05, 0.1) is 18.9 Å². The number of para-hydroxylation sites is 1. The van der Waals surface area contributed by atoms with Crippen LogP contribution in [-0.2, 0) is 21.4 Å². The number of hydrogen-bond acceptors (Lipinski definition) is 3. The van der Waals surface area contributed by atoms with Crippen molar-refractivity contribution in [2.75, 3.05) is 37.2 Å². The molecule has 3 rings (SSSR count). The van der Waals surface area contributed by atoms with Crippen molar-refractivity contribution in [1.82, 2.24) is 4.31 Å². The Labute approximate surface area is 107 Å². The maximum absolute atomic E-state index is 12.5. The lowest BCUT2D eigenvalue weighted by atomic mass is 10.2. The Morgan fingerprint density at radius 2 is 1.78 bits per heavy atom. The van der Waals surface area contributed by atoms with Gasteiger partial charge < -0.3 is 4.74 Å². The molecule has 0 atom stereocenters. The van der Waals surface area contributed by atoms with Crippen LogP contribution >= 0.6 is 0 Å². The van der Waals surface area contributed by atoms with Crippen molar-refractivity contribution in [3.63, 3.8) is 0 Å². The molecule has 0 N–H and O–H groups in total. The van der Waals surface area contributed by atoms with Crippen LogP contribution in [0.5, 0.6) is 0 Å². The van der Waals surface area contributed by atoms with Gasteiger partial charge in [-0.1, -0.05) is 18.2 Å². The molecule has 0 saturated carbocycles. The first-order chi connectivity index (χ1) is 8.69. The Kier molecular flexibility index (Phi) is 3.01. The molecule has 0 aliphatic carbocycles. The van der Waals surface area contributed by atoms with E-state index in [2.05, 4.69) is 0 Å². The highest BCUT2D eigenvalue weighted by molar-refractivity contribution is 7.90. The summed E-state index contributed by atoms with van der Waals surface area (Å²) in [4.78, 5) is 0. The first-order valence-corrected chi connectivity index (χ1v) is 7.53. The van der Waals surface area contributed by atoms with Gasteiger partial charge in [0.15, 0.2) is 0 Å². The van der Waals surface area contributed by atoms with Crippen molar-refractivity contribution in [3.8, 4) is 0 Å². The molecular weight excluding hydrogens is 252 g/mol. The molecule has 98 valence electrons. The molecule has 5 nitrogen and oxygen atoms in total. The smallest absolute Gasteiger partial charge is 0.304 e. The number of ether oxygens (including phenoxy) is 1. The lowest BCUT2D eigenvalue weighted by molar-refractivity contribution is 0.0729. The van der Waals surface area contributed by atoms with Crippen LogP contribution in [0.4, 0.5) is 5.69 Å². The number of rotatable bonds is 2. The minimum atomic E-state index is -3.39. The van der Waals surface area contributed by atoms with E-state index < -0.39 is 10.2 Å². The summed E-state index contributed by atoms with van der Waals surface area (Å²) in [6.07, 6.45) is 0.791. The van der Waals surface area contributed by atoms with Crippen LogP contribution < -0.4 is 4.31 Å². The van der Waals surface area contributed by atoms with E-state index in [0.29, 0.717) is 32.8 Å².